The van der Waals surface area contributed by atoms with Gasteiger partial charge in [0.25, 0.3) is 0 Å². The minimum atomic E-state index is -0.504. The van der Waals surface area contributed by atoms with Crippen LogP contribution in [0.3, 0.4) is 0 Å². The maximum Gasteiger partial charge on any atom is 0.238 e. The van der Waals surface area contributed by atoms with Gasteiger partial charge in [-0.1, -0.05) is 19.3 Å². The molecule has 0 aromatic heterocycles. The monoisotopic (exact) mass is 307 g/mol. The van der Waals surface area contributed by atoms with Gasteiger partial charge >= 0.3 is 0 Å². The molecule has 6 heteroatoms. The van der Waals surface area contributed by atoms with Crippen molar-refractivity contribution in [3.05, 3.63) is 24.0 Å². The maximum absolute atomic E-state index is 13.8. The Balaban J connectivity index is 2.02. The van der Waals surface area contributed by atoms with Crippen LogP contribution in [0.1, 0.15) is 32.1 Å². The normalized spacial score (nSPS) is 15.4. The average Bonchev–Trinajstić information content (AvgIpc) is 2.51. The van der Waals surface area contributed by atoms with Gasteiger partial charge in [-0.05, 0) is 38.1 Å². The molecule has 2 amide bonds. The molecule has 2 rings (SSSR count). The first-order chi connectivity index (χ1) is 10.6. The van der Waals surface area contributed by atoms with Gasteiger partial charge in [-0.2, -0.15) is 0 Å². The molecule has 120 valence electrons. The molecule has 0 saturated heterocycles. The highest BCUT2D eigenvalue weighted by molar-refractivity contribution is 5.95. The lowest BCUT2D eigenvalue weighted by atomic mass is 9.88. The molecule has 22 heavy (non-hydrogen) atoms. The van der Waals surface area contributed by atoms with Crippen LogP contribution in [0.4, 0.5) is 15.8 Å². The van der Waals surface area contributed by atoms with E-state index < -0.39 is 5.82 Å². The predicted octanol–water partition coefficient (Wildman–Crippen LogP) is 2.50. The third-order valence-electron chi connectivity index (χ3n) is 3.82. The molecule has 1 fully saturated rings. The van der Waals surface area contributed by atoms with Crippen molar-refractivity contribution in [2.24, 2.45) is 5.92 Å². The van der Waals surface area contributed by atoms with Gasteiger partial charge < -0.3 is 16.0 Å². The number of hydrogen-bond donors (Lipinski definition) is 3. The zero-order valence-electron chi connectivity index (χ0n) is 12.7. The van der Waals surface area contributed by atoms with Crippen LogP contribution in [0.2, 0.25) is 0 Å². The topological polar surface area (TPSA) is 70.2 Å². The molecule has 0 aliphatic heterocycles. The number of carbonyl (C=O) groups is 2. The van der Waals surface area contributed by atoms with Crippen LogP contribution in [-0.2, 0) is 9.59 Å². The van der Waals surface area contributed by atoms with E-state index in [1.54, 1.807) is 7.05 Å². The molecule has 0 atom stereocenters. The summed E-state index contributed by atoms with van der Waals surface area (Å²) < 4.78 is 13.8. The minimum absolute atomic E-state index is 0.0457. The second-order valence-electron chi connectivity index (χ2n) is 5.60. The molecule has 0 bridgehead atoms. The highest BCUT2D eigenvalue weighted by Gasteiger charge is 2.22. The summed E-state index contributed by atoms with van der Waals surface area (Å²) >= 11 is 0. The van der Waals surface area contributed by atoms with Crippen molar-refractivity contribution in [2.45, 2.75) is 32.1 Å². The Morgan fingerprint density at radius 2 is 1.91 bits per heavy atom. The van der Waals surface area contributed by atoms with E-state index in [0.29, 0.717) is 5.69 Å². The molecule has 0 radical (unpaired) electrons. The highest BCUT2D eigenvalue weighted by Crippen LogP contribution is 2.26. The largest absolute Gasteiger partial charge is 0.325 e. The summed E-state index contributed by atoms with van der Waals surface area (Å²) in [6, 6.07) is 4.16. The van der Waals surface area contributed by atoms with Crippen LogP contribution in [0.25, 0.3) is 0 Å². The van der Waals surface area contributed by atoms with Gasteiger partial charge in [0.1, 0.15) is 5.82 Å². The molecule has 0 unspecified atom stereocenters. The van der Waals surface area contributed by atoms with Crippen molar-refractivity contribution in [1.29, 1.82) is 0 Å². The maximum atomic E-state index is 13.8. The van der Waals surface area contributed by atoms with Crippen molar-refractivity contribution >= 4 is 23.2 Å². The number of hydrogen-bond acceptors (Lipinski definition) is 3. The highest BCUT2D eigenvalue weighted by atomic mass is 19.1. The van der Waals surface area contributed by atoms with E-state index in [2.05, 4.69) is 16.0 Å². The fourth-order valence-electron chi connectivity index (χ4n) is 2.66. The molecule has 3 N–H and O–H groups in total. The number of likely N-dealkylation sites (N-methyl/N-ethyl adjacent to an activating group) is 1. The second kappa shape index (κ2) is 7.89. The number of benzene rings is 1. The number of amides is 2. The Morgan fingerprint density at radius 3 is 2.59 bits per heavy atom. The molecular weight excluding hydrogens is 285 g/mol. The van der Waals surface area contributed by atoms with Crippen molar-refractivity contribution in [1.82, 2.24) is 5.32 Å². The Bertz CT molecular complexity index is 542. The fourth-order valence-corrected chi connectivity index (χ4v) is 2.66. The molecule has 1 aromatic rings. The van der Waals surface area contributed by atoms with Crippen LogP contribution in [0.5, 0.6) is 0 Å². The van der Waals surface area contributed by atoms with Crippen LogP contribution in [0, 0.1) is 11.7 Å². The number of halogens is 1. The summed E-state index contributed by atoms with van der Waals surface area (Å²) in [6.45, 7) is 0.168. The number of rotatable bonds is 5. The molecule has 1 aliphatic carbocycles. The summed E-state index contributed by atoms with van der Waals surface area (Å²) in [7, 11) is 1.67. The molecule has 1 saturated carbocycles. The Hall–Kier alpha value is -1.95. The van der Waals surface area contributed by atoms with Gasteiger partial charge in [-0.25, -0.2) is 4.39 Å². The predicted molar refractivity (Wildman–Crippen MR) is 84.2 cm³/mol. The molecule has 1 aromatic carbocycles. The first-order valence-corrected chi connectivity index (χ1v) is 7.65. The molecule has 0 spiro atoms. The zero-order valence-corrected chi connectivity index (χ0v) is 12.7. The fraction of sp³-hybridized carbons (Fsp3) is 0.500. The Labute approximate surface area is 129 Å². The number of carbonyl (C=O) groups excluding carboxylic acids is 2. The van der Waals surface area contributed by atoms with E-state index in [9.17, 15) is 14.0 Å². The van der Waals surface area contributed by atoms with Crippen LogP contribution in [0.15, 0.2) is 18.2 Å². The van der Waals surface area contributed by atoms with Crippen LogP contribution in [-0.4, -0.2) is 25.4 Å². The summed E-state index contributed by atoms with van der Waals surface area (Å²) in [5.74, 6) is -0.914. The summed E-state index contributed by atoms with van der Waals surface area (Å²) in [4.78, 5) is 23.7. The third-order valence-corrected chi connectivity index (χ3v) is 3.82. The SMILES string of the molecule is CNCC(=O)Nc1ccc(F)c(NC(=O)C2CCCCC2)c1. The summed E-state index contributed by atoms with van der Waals surface area (Å²) in [5.41, 5.74) is 0.568. The van der Waals surface area contributed by atoms with Gasteiger partial charge in [0.15, 0.2) is 0 Å². The zero-order chi connectivity index (χ0) is 15.9. The summed E-state index contributed by atoms with van der Waals surface area (Å²) in [6.07, 6.45) is 4.95. The average molecular weight is 307 g/mol. The smallest absolute Gasteiger partial charge is 0.238 e. The van der Waals surface area contributed by atoms with Gasteiger partial charge in [0, 0.05) is 11.6 Å². The first kappa shape index (κ1) is 16.4. The van der Waals surface area contributed by atoms with E-state index in [0.717, 1.165) is 32.1 Å². The van der Waals surface area contributed by atoms with E-state index in [1.807, 2.05) is 0 Å². The summed E-state index contributed by atoms with van der Waals surface area (Å²) in [5, 5.41) is 8.02. The van der Waals surface area contributed by atoms with Gasteiger partial charge in [0.2, 0.25) is 11.8 Å². The van der Waals surface area contributed by atoms with E-state index in [4.69, 9.17) is 0 Å². The van der Waals surface area contributed by atoms with E-state index in [1.165, 1.54) is 18.2 Å². The molecule has 5 nitrogen and oxygen atoms in total. The van der Waals surface area contributed by atoms with Gasteiger partial charge in [-0.15, -0.1) is 0 Å². The quantitative estimate of drug-likeness (QED) is 0.783. The van der Waals surface area contributed by atoms with Crippen molar-refractivity contribution in [2.75, 3.05) is 24.2 Å². The van der Waals surface area contributed by atoms with E-state index >= 15 is 0 Å². The lowest BCUT2D eigenvalue weighted by Crippen LogP contribution is -2.26. The number of anilines is 2. The minimum Gasteiger partial charge on any atom is -0.325 e. The number of nitrogens with one attached hydrogen (secondary N) is 3. The lowest BCUT2D eigenvalue weighted by Gasteiger charge is -2.21. The third kappa shape index (κ3) is 4.53. The van der Waals surface area contributed by atoms with Crippen LogP contribution >= 0.6 is 0 Å². The van der Waals surface area contributed by atoms with Gasteiger partial charge in [-0.3, -0.25) is 9.59 Å². The molecule has 1 aliphatic rings. The molecule has 0 heterocycles. The van der Waals surface area contributed by atoms with Gasteiger partial charge in [0.05, 0.1) is 12.2 Å². The Morgan fingerprint density at radius 1 is 1.18 bits per heavy atom. The standard InChI is InChI=1S/C16H22FN3O2/c1-18-10-15(21)19-12-7-8-13(17)14(9-12)20-16(22)11-5-3-2-4-6-11/h7-9,11,18H,2-6,10H2,1H3,(H,19,21)(H,20,22). The lowest BCUT2D eigenvalue weighted by molar-refractivity contribution is -0.120. The molecular formula is C16H22FN3O2. The van der Waals surface area contributed by atoms with Crippen molar-refractivity contribution < 1.29 is 14.0 Å². The van der Waals surface area contributed by atoms with Crippen molar-refractivity contribution in [3.63, 3.8) is 0 Å². The first-order valence-electron chi connectivity index (χ1n) is 7.65. The second-order valence-corrected chi connectivity index (χ2v) is 5.60. The Kier molecular flexibility index (Phi) is 5.89. The van der Waals surface area contributed by atoms with Crippen LogP contribution < -0.4 is 16.0 Å². The van der Waals surface area contributed by atoms with E-state index in [-0.39, 0.29) is 30.0 Å². The van der Waals surface area contributed by atoms with Crippen molar-refractivity contribution in [3.8, 4) is 0 Å².